The number of fused-ring (bicyclic) bond motifs is 1. The first-order chi connectivity index (χ1) is 17.0. The van der Waals surface area contributed by atoms with Crippen molar-refractivity contribution >= 4 is 28.8 Å². The topological polar surface area (TPSA) is 124 Å². The second kappa shape index (κ2) is 8.12. The molecule has 1 aliphatic heterocycles. The van der Waals surface area contributed by atoms with Crippen molar-refractivity contribution in [2.45, 2.75) is 37.3 Å². The number of amides is 3. The number of nitrogens with two attached hydrogens (primary N) is 1. The molecule has 0 bridgehead atoms. The Labute approximate surface area is 201 Å². The number of benzene rings is 2. The molecule has 2 aromatic heterocycles. The number of nitrogen functional groups attached to an aromatic ring is 1. The minimum Gasteiger partial charge on any atom is -0.457 e. The van der Waals surface area contributed by atoms with E-state index in [9.17, 15) is 9.59 Å². The van der Waals surface area contributed by atoms with Crippen molar-refractivity contribution in [2.24, 2.45) is 0 Å². The van der Waals surface area contributed by atoms with Crippen LogP contribution in [-0.4, -0.2) is 32.0 Å². The van der Waals surface area contributed by atoms with Gasteiger partial charge in [-0.15, -0.1) is 0 Å². The molecule has 35 heavy (non-hydrogen) atoms. The van der Waals surface area contributed by atoms with E-state index >= 15 is 0 Å². The second-order valence-corrected chi connectivity index (χ2v) is 9.07. The van der Waals surface area contributed by atoms with Crippen LogP contribution in [0.4, 0.5) is 10.6 Å². The third-order valence-corrected chi connectivity index (χ3v) is 7.00. The van der Waals surface area contributed by atoms with E-state index in [1.807, 2.05) is 54.6 Å². The van der Waals surface area contributed by atoms with Gasteiger partial charge in [0.15, 0.2) is 0 Å². The normalized spacial score (nSPS) is 21.8. The lowest BCUT2D eigenvalue weighted by atomic mass is 9.79. The molecule has 6 rings (SSSR count). The molecule has 9 nitrogen and oxygen atoms in total. The van der Waals surface area contributed by atoms with Crippen molar-refractivity contribution in [3.05, 3.63) is 67.1 Å². The number of nitrogens with zero attached hydrogens (tertiary/aromatic N) is 3. The molecule has 1 spiro atoms. The molecule has 4 N–H and O–H groups in total. The number of carbonyl (C=O) groups is 2. The van der Waals surface area contributed by atoms with E-state index in [0.717, 1.165) is 46.5 Å². The number of rotatable bonds is 4. The molecule has 0 atom stereocenters. The van der Waals surface area contributed by atoms with Crippen LogP contribution in [0.5, 0.6) is 11.5 Å². The SMILES string of the molecule is Nc1ncnc2c1c(-c1ccc(Oc3ccccc3)cc1)cn2C1CCC2(CC1)NC(=O)NC2=O. The molecule has 2 aliphatic rings. The molecular formula is C26H24N6O3. The maximum atomic E-state index is 12.3. The standard InChI is InChI=1S/C26H24N6O3/c27-22-21-20(16-6-8-19(9-7-16)35-18-4-2-1-3-5-18)14-32(23(21)29-15-28-22)17-10-12-26(13-11-17)24(33)30-25(34)31-26/h1-9,14-15,17H,10-13H2,(H2,27,28,29)(H2,30,31,33,34). The summed E-state index contributed by atoms with van der Waals surface area (Å²) in [6, 6.07) is 17.2. The van der Waals surface area contributed by atoms with E-state index < -0.39 is 11.6 Å². The maximum Gasteiger partial charge on any atom is 0.322 e. The molecule has 2 fully saturated rings. The van der Waals surface area contributed by atoms with E-state index in [1.54, 1.807) is 0 Å². The van der Waals surface area contributed by atoms with E-state index in [-0.39, 0.29) is 11.9 Å². The average molecular weight is 469 g/mol. The number of ether oxygens (including phenoxy) is 1. The first-order valence-electron chi connectivity index (χ1n) is 11.6. The highest BCUT2D eigenvalue weighted by Gasteiger charge is 2.48. The van der Waals surface area contributed by atoms with Gasteiger partial charge < -0.3 is 20.4 Å². The zero-order valence-corrected chi connectivity index (χ0v) is 18.9. The second-order valence-electron chi connectivity index (χ2n) is 9.07. The van der Waals surface area contributed by atoms with Gasteiger partial charge in [-0.1, -0.05) is 30.3 Å². The number of carbonyl (C=O) groups excluding carboxylic acids is 2. The number of urea groups is 1. The van der Waals surface area contributed by atoms with Gasteiger partial charge in [0.1, 0.15) is 34.8 Å². The Morgan fingerprint density at radius 1 is 0.971 bits per heavy atom. The molecule has 1 aliphatic carbocycles. The fraction of sp³-hybridized carbons (Fsp3) is 0.231. The van der Waals surface area contributed by atoms with Crippen LogP contribution in [0.15, 0.2) is 67.1 Å². The van der Waals surface area contributed by atoms with Crippen LogP contribution in [0.2, 0.25) is 0 Å². The summed E-state index contributed by atoms with van der Waals surface area (Å²) in [4.78, 5) is 32.8. The highest BCUT2D eigenvalue weighted by atomic mass is 16.5. The fourth-order valence-electron chi connectivity index (χ4n) is 5.19. The zero-order valence-electron chi connectivity index (χ0n) is 18.9. The summed E-state index contributed by atoms with van der Waals surface area (Å²) < 4.78 is 8.06. The van der Waals surface area contributed by atoms with Gasteiger partial charge in [-0.05, 0) is 55.5 Å². The summed E-state index contributed by atoms with van der Waals surface area (Å²) in [6.07, 6.45) is 6.13. The van der Waals surface area contributed by atoms with Gasteiger partial charge in [0, 0.05) is 17.8 Å². The first-order valence-corrected chi connectivity index (χ1v) is 11.6. The van der Waals surface area contributed by atoms with Crippen molar-refractivity contribution in [2.75, 3.05) is 5.73 Å². The van der Waals surface area contributed by atoms with Crippen LogP contribution in [0.1, 0.15) is 31.7 Å². The van der Waals surface area contributed by atoms with Crippen molar-refractivity contribution in [1.29, 1.82) is 0 Å². The van der Waals surface area contributed by atoms with Crippen molar-refractivity contribution in [1.82, 2.24) is 25.2 Å². The fourth-order valence-corrected chi connectivity index (χ4v) is 5.19. The van der Waals surface area contributed by atoms with Gasteiger partial charge in [0.25, 0.3) is 5.91 Å². The number of aromatic nitrogens is 3. The number of hydrogen-bond donors (Lipinski definition) is 3. The predicted molar refractivity (Wildman–Crippen MR) is 131 cm³/mol. The molecule has 176 valence electrons. The lowest BCUT2D eigenvalue weighted by Gasteiger charge is -2.35. The number of para-hydroxylation sites is 1. The molecule has 3 amide bonds. The molecule has 9 heteroatoms. The highest BCUT2D eigenvalue weighted by Crippen LogP contribution is 2.41. The Morgan fingerprint density at radius 2 is 1.69 bits per heavy atom. The largest absolute Gasteiger partial charge is 0.457 e. The van der Waals surface area contributed by atoms with Crippen LogP contribution < -0.4 is 21.1 Å². The first kappa shape index (κ1) is 21.2. The lowest BCUT2D eigenvalue weighted by molar-refractivity contribution is -0.125. The van der Waals surface area contributed by atoms with Crippen molar-refractivity contribution < 1.29 is 14.3 Å². The lowest BCUT2D eigenvalue weighted by Crippen LogP contribution is -2.49. The summed E-state index contributed by atoms with van der Waals surface area (Å²) in [7, 11) is 0. The van der Waals surface area contributed by atoms with Gasteiger partial charge in [-0.3, -0.25) is 10.1 Å². The van der Waals surface area contributed by atoms with Gasteiger partial charge in [0.05, 0.1) is 5.39 Å². The summed E-state index contributed by atoms with van der Waals surface area (Å²) in [5.74, 6) is 1.70. The monoisotopic (exact) mass is 468 g/mol. The molecule has 1 saturated heterocycles. The van der Waals surface area contributed by atoms with Gasteiger partial charge in [-0.25, -0.2) is 14.8 Å². The number of imide groups is 1. The molecule has 0 unspecified atom stereocenters. The van der Waals surface area contributed by atoms with Gasteiger partial charge in [-0.2, -0.15) is 0 Å². The Balaban J connectivity index is 1.31. The number of hydrogen-bond acceptors (Lipinski definition) is 6. The summed E-state index contributed by atoms with van der Waals surface area (Å²) >= 11 is 0. The summed E-state index contributed by atoms with van der Waals surface area (Å²) in [5.41, 5.74) is 8.18. The molecule has 3 heterocycles. The van der Waals surface area contributed by atoms with Gasteiger partial charge >= 0.3 is 6.03 Å². The Hall–Kier alpha value is -4.40. The maximum absolute atomic E-state index is 12.3. The highest BCUT2D eigenvalue weighted by molar-refractivity contribution is 6.07. The van der Waals surface area contributed by atoms with E-state index in [1.165, 1.54) is 6.33 Å². The molecule has 1 saturated carbocycles. The predicted octanol–water partition coefficient (Wildman–Crippen LogP) is 4.17. The van der Waals surface area contributed by atoms with E-state index in [0.29, 0.717) is 18.7 Å². The van der Waals surface area contributed by atoms with Crippen molar-refractivity contribution in [3.63, 3.8) is 0 Å². The third-order valence-electron chi connectivity index (χ3n) is 7.00. The van der Waals surface area contributed by atoms with E-state index in [4.69, 9.17) is 10.5 Å². The Kier molecular flexibility index (Phi) is 4.91. The average Bonchev–Trinajstić information content (AvgIpc) is 3.39. The van der Waals surface area contributed by atoms with Crippen LogP contribution in [-0.2, 0) is 4.79 Å². The summed E-state index contributed by atoms with van der Waals surface area (Å²) in [5, 5.41) is 6.00. The zero-order chi connectivity index (χ0) is 24.0. The van der Waals surface area contributed by atoms with Crippen LogP contribution in [0, 0.1) is 0 Å². The van der Waals surface area contributed by atoms with Crippen LogP contribution in [0.25, 0.3) is 22.2 Å². The molecule has 0 radical (unpaired) electrons. The third kappa shape index (κ3) is 3.65. The summed E-state index contributed by atoms with van der Waals surface area (Å²) in [6.45, 7) is 0. The number of anilines is 1. The van der Waals surface area contributed by atoms with Crippen molar-refractivity contribution in [3.8, 4) is 22.6 Å². The van der Waals surface area contributed by atoms with Gasteiger partial charge in [0.2, 0.25) is 0 Å². The minimum absolute atomic E-state index is 0.122. The molecule has 4 aromatic rings. The quantitative estimate of drug-likeness (QED) is 0.386. The van der Waals surface area contributed by atoms with Crippen LogP contribution >= 0.6 is 0 Å². The minimum atomic E-state index is -0.804. The Morgan fingerprint density at radius 3 is 2.37 bits per heavy atom. The Bertz CT molecular complexity index is 1420. The van der Waals surface area contributed by atoms with Crippen LogP contribution in [0.3, 0.4) is 0 Å². The molecule has 2 aromatic carbocycles. The smallest absolute Gasteiger partial charge is 0.322 e. The number of nitrogens with one attached hydrogen (secondary N) is 2. The van der Waals surface area contributed by atoms with E-state index in [2.05, 4.69) is 31.4 Å². The molecular weight excluding hydrogens is 444 g/mol.